The first kappa shape index (κ1) is 19.5. The van der Waals surface area contributed by atoms with Crippen LogP contribution in [0.1, 0.15) is 16.1 Å². The first-order valence-corrected chi connectivity index (χ1v) is 11.1. The Kier molecular flexibility index (Phi) is 5.26. The topological polar surface area (TPSA) is 66.7 Å². The minimum absolute atomic E-state index is 0.0143. The predicted molar refractivity (Wildman–Crippen MR) is 120 cm³/mol. The molecular formula is C24H21N3O3S. The molecular weight excluding hydrogens is 410 g/mol. The lowest BCUT2D eigenvalue weighted by molar-refractivity contribution is -0.132. The van der Waals surface area contributed by atoms with Crippen molar-refractivity contribution in [1.29, 1.82) is 0 Å². The van der Waals surface area contributed by atoms with Gasteiger partial charge in [0.25, 0.3) is 5.91 Å². The third-order valence-corrected chi connectivity index (χ3v) is 6.44. The van der Waals surface area contributed by atoms with Gasteiger partial charge in [0, 0.05) is 37.1 Å². The summed E-state index contributed by atoms with van der Waals surface area (Å²) in [6, 6.07) is 17.5. The summed E-state index contributed by atoms with van der Waals surface area (Å²) in [5, 5.41) is 4.85. The highest BCUT2D eigenvalue weighted by molar-refractivity contribution is 7.13. The zero-order valence-electron chi connectivity index (χ0n) is 16.9. The van der Waals surface area contributed by atoms with Crippen LogP contribution in [0.2, 0.25) is 0 Å². The van der Waals surface area contributed by atoms with Crippen molar-refractivity contribution >= 4 is 33.9 Å². The summed E-state index contributed by atoms with van der Waals surface area (Å²) >= 11 is 1.47. The maximum atomic E-state index is 12.9. The molecule has 0 saturated carbocycles. The molecule has 1 saturated heterocycles. The Balaban J connectivity index is 1.18. The second-order valence-corrected chi connectivity index (χ2v) is 8.39. The molecule has 4 aromatic rings. The molecule has 0 aliphatic carbocycles. The van der Waals surface area contributed by atoms with Crippen molar-refractivity contribution in [1.82, 2.24) is 14.8 Å². The number of furan rings is 1. The van der Waals surface area contributed by atoms with E-state index in [1.807, 2.05) is 69.8 Å². The van der Waals surface area contributed by atoms with Gasteiger partial charge in [0.2, 0.25) is 5.91 Å². The number of nitrogens with zero attached hydrogens (tertiary/aromatic N) is 3. The summed E-state index contributed by atoms with van der Waals surface area (Å²) in [7, 11) is 0. The van der Waals surface area contributed by atoms with Crippen LogP contribution in [0, 0.1) is 0 Å². The molecule has 2 amide bonds. The fraction of sp³-hybridized carbons (Fsp3) is 0.208. The Morgan fingerprint density at radius 3 is 2.48 bits per heavy atom. The normalized spacial score (nSPS) is 14.2. The molecule has 156 valence electrons. The van der Waals surface area contributed by atoms with Crippen LogP contribution in [-0.4, -0.2) is 52.8 Å². The molecule has 0 N–H and O–H groups in total. The molecule has 0 bridgehead atoms. The van der Waals surface area contributed by atoms with E-state index in [1.54, 1.807) is 6.26 Å². The number of hydrogen-bond donors (Lipinski definition) is 0. The zero-order valence-corrected chi connectivity index (χ0v) is 17.7. The molecule has 6 nitrogen and oxygen atoms in total. The highest BCUT2D eigenvalue weighted by Crippen LogP contribution is 2.24. The number of hydrogen-bond acceptors (Lipinski definition) is 5. The van der Waals surface area contributed by atoms with E-state index in [0.29, 0.717) is 37.5 Å². The summed E-state index contributed by atoms with van der Waals surface area (Å²) in [4.78, 5) is 33.8. The van der Waals surface area contributed by atoms with Crippen molar-refractivity contribution in [3.63, 3.8) is 0 Å². The summed E-state index contributed by atoms with van der Waals surface area (Å²) in [6.07, 6.45) is 1.87. The number of carbonyl (C=O) groups is 2. The average Bonchev–Trinajstić information content (AvgIpc) is 3.50. The van der Waals surface area contributed by atoms with Gasteiger partial charge in [-0.2, -0.15) is 0 Å². The Morgan fingerprint density at radius 1 is 0.935 bits per heavy atom. The molecule has 7 heteroatoms. The van der Waals surface area contributed by atoms with Crippen LogP contribution in [0.3, 0.4) is 0 Å². The molecule has 0 radical (unpaired) electrons. The summed E-state index contributed by atoms with van der Waals surface area (Å²) < 4.78 is 5.36. The molecule has 31 heavy (non-hydrogen) atoms. The van der Waals surface area contributed by atoms with E-state index in [4.69, 9.17) is 4.42 Å². The summed E-state index contributed by atoms with van der Waals surface area (Å²) in [5.74, 6) is 0.763. The smallest absolute Gasteiger partial charge is 0.253 e. The van der Waals surface area contributed by atoms with Crippen LogP contribution in [0.4, 0.5) is 0 Å². The number of aromatic nitrogens is 1. The van der Waals surface area contributed by atoms with Gasteiger partial charge in [0.15, 0.2) is 10.8 Å². The monoisotopic (exact) mass is 431 g/mol. The Bertz CT molecular complexity index is 1220. The molecule has 1 fully saturated rings. The van der Waals surface area contributed by atoms with E-state index in [1.165, 1.54) is 11.3 Å². The van der Waals surface area contributed by atoms with Crippen LogP contribution in [0.25, 0.3) is 21.5 Å². The predicted octanol–water partition coefficient (Wildman–Crippen LogP) is 4.08. The first-order chi connectivity index (χ1) is 15.2. The summed E-state index contributed by atoms with van der Waals surface area (Å²) in [5.41, 5.74) is 1.43. The number of amides is 2. The van der Waals surface area contributed by atoms with E-state index in [9.17, 15) is 9.59 Å². The van der Waals surface area contributed by atoms with Gasteiger partial charge in [-0.25, -0.2) is 4.98 Å². The zero-order chi connectivity index (χ0) is 21.2. The number of fused-ring (bicyclic) bond motifs is 1. The molecule has 0 atom stereocenters. The van der Waals surface area contributed by atoms with Crippen molar-refractivity contribution in [3.05, 3.63) is 77.5 Å². The third-order valence-electron chi connectivity index (χ3n) is 5.53. The van der Waals surface area contributed by atoms with E-state index in [0.717, 1.165) is 21.5 Å². The van der Waals surface area contributed by atoms with Crippen LogP contribution in [0.5, 0.6) is 0 Å². The maximum absolute atomic E-state index is 12.9. The molecule has 5 rings (SSSR count). The third kappa shape index (κ3) is 4.09. The Labute approximate surface area is 183 Å². The standard InChI is InChI=1S/C24H21N3O3S/c28-22(15-20-16-31-23(25-20)21-6-3-13-30-21)26-9-11-27(12-10-26)24(29)19-8-7-17-4-1-2-5-18(17)14-19/h1-8,13-14,16H,9-12,15H2. The molecule has 1 aliphatic rings. The van der Waals surface area contributed by atoms with Crippen molar-refractivity contribution in [3.8, 4) is 10.8 Å². The van der Waals surface area contributed by atoms with Gasteiger partial charge >= 0.3 is 0 Å². The first-order valence-electron chi connectivity index (χ1n) is 10.2. The van der Waals surface area contributed by atoms with Crippen LogP contribution in [0.15, 0.2) is 70.7 Å². The van der Waals surface area contributed by atoms with Gasteiger partial charge in [-0.05, 0) is 35.0 Å². The van der Waals surface area contributed by atoms with Gasteiger partial charge in [-0.1, -0.05) is 30.3 Å². The summed E-state index contributed by atoms with van der Waals surface area (Å²) in [6.45, 7) is 2.14. The Morgan fingerprint density at radius 2 is 1.71 bits per heavy atom. The number of carbonyl (C=O) groups excluding carboxylic acids is 2. The van der Waals surface area contributed by atoms with E-state index < -0.39 is 0 Å². The second kappa shape index (κ2) is 8.35. The van der Waals surface area contributed by atoms with Gasteiger partial charge in [0.1, 0.15) is 0 Å². The number of thiazole rings is 1. The minimum Gasteiger partial charge on any atom is -0.462 e. The average molecular weight is 432 g/mol. The van der Waals surface area contributed by atoms with E-state index in [2.05, 4.69) is 4.98 Å². The minimum atomic E-state index is 0.0143. The fourth-order valence-electron chi connectivity index (χ4n) is 3.83. The molecule has 2 aromatic carbocycles. The van der Waals surface area contributed by atoms with Crippen LogP contribution >= 0.6 is 11.3 Å². The van der Waals surface area contributed by atoms with E-state index >= 15 is 0 Å². The molecule has 3 heterocycles. The highest BCUT2D eigenvalue weighted by Gasteiger charge is 2.25. The molecule has 2 aromatic heterocycles. The van der Waals surface area contributed by atoms with Gasteiger partial charge in [-0.15, -0.1) is 11.3 Å². The lowest BCUT2D eigenvalue weighted by atomic mass is 10.1. The largest absolute Gasteiger partial charge is 0.462 e. The molecule has 0 unspecified atom stereocenters. The number of piperazine rings is 1. The quantitative estimate of drug-likeness (QED) is 0.488. The fourth-order valence-corrected chi connectivity index (χ4v) is 4.62. The number of benzene rings is 2. The van der Waals surface area contributed by atoms with Gasteiger partial charge in [0.05, 0.1) is 18.4 Å². The van der Waals surface area contributed by atoms with Crippen molar-refractivity contribution in [2.75, 3.05) is 26.2 Å². The molecule has 0 spiro atoms. The van der Waals surface area contributed by atoms with Crippen LogP contribution < -0.4 is 0 Å². The van der Waals surface area contributed by atoms with Gasteiger partial charge < -0.3 is 14.2 Å². The highest BCUT2D eigenvalue weighted by atomic mass is 32.1. The van der Waals surface area contributed by atoms with Crippen molar-refractivity contribution in [2.24, 2.45) is 0 Å². The Hall–Kier alpha value is -3.45. The molecule has 1 aliphatic heterocycles. The lowest BCUT2D eigenvalue weighted by Gasteiger charge is -2.34. The lowest BCUT2D eigenvalue weighted by Crippen LogP contribution is -2.51. The van der Waals surface area contributed by atoms with E-state index in [-0.39, 0.29) is 18.2 Å². The second-order valence-electron chi connectivity index (χ2n) is 7.53. The SMILES string of the molecule is O=C(Cc1csc(-c2ccco2)n1)N1CCN(C(=O)c2ccc3ccccc3c2)CC1. The van der Waals surface area contributed by atoms with Crippen molar-refractivity contribution < 1.29 is 14.0 Å². The van der Waals surface area contributed by atoms with Crippen LogP contribution in [-0.2, 0) is 11.2 Å². The number of rotatable bonds is 4. The van der Waals surface area contributed by atoms with Gasteiger partial charge in [-0.3, -0.25) is 9.59 Å². The van der Waals surface area contributed by atoms with Crippen molar-refractivity contribution in [2.45, 2.75) is 6.42 Å². The maximum Gasteiger partial charge on any atom is 0.253 e.